The van der Waals surface area contributed by atoms with Crippen LogP contribution in [0.15, 0.2) is 16.7 Å². The first kappa shape index (κ1) is 12.7. The fourth-order valence-corrected chi connectivity index (χ4v) is 1.27. The first-order chi connectivity index (χ1) is 7.69. The van der Waals surface area contributed by atoms with Crippen LogP contribution in [0.4, 0.5) is 0 Å². The van der Waals surface area contributed by atoms with E-state index >= 15 is 0 Å². The predicted molar refractivity (Wildman–Crippen MR) is 56.4 cm³/mol. The van der Waals surface area contributed by atoms with Gasteiger partial charge in [0.05, 0.1) is 19.5 Å². The van der Waals surface area contributed by atoms with Crippen LogP contribution in [0.25, 0.3) is 0 Å². The highest BCUT2D eigenvalue weighted by atomic mass is 16.6. The smallest absolute Gasteiger partial charge is 0.374 e. The Morgan fingerprint density at radius 2 is 2.00 bits per heavy atom. The minimum atomic E-state index is -0.499. The number of rotatable bonds is 6. The van der Waals surface area contributed by atoms with Gasteiger partial charge in [0.25, 0.3) is 0 Å². The van der Waals surface area contributed by atoms with Crippen LogP contribution < -0.4 is 0 Å². The van der Waals surface area contributed by atoms with E-state index in [-0.39, 0.29) is 5.76 Å². The molecule has 0 radical (unpaired) electrons. The van der Waals surface area contributed by atoms with E-state index in [0.29, 0.717) is 13.2 Å². The van der Waals surface area contributed by atoms with Crippen molar-refractivity contribution in [2.45, 2.75) is 13.0 Å². The molecule has 0 amide bonds. The molecule has 1 aromatic rings. The fraction of sp³-hybridized carbons (Fsp3) is 0.545. The number of hydrogen-bond donors (Lipinski definition) is 0. The largest absolute Gasteiger partial charge is 0.457 e. The van der Waals surface area contributed by atoms with E-state index in [1.807, 2.05) is 0 Å². The molecule has 0 aliphatic carbocycles. The number of furan rings is 1. The Labute approximate surface area is 94.3 Å². The van der Waals surface area contributed by atoms with E-state index in [4.69, 9.17) is 18.6 Å². The maximum atomic E-state index is 11.7. The molecule has 0 aliphatic rings. The van der Waals surface area contributed by atoms with Crippen molar-refractivity contribution in [2.24, 2.45) is 0 Å². The van der Waals surface area contributed by atoms with Crippen LogP contribution in [0.2, 0.25) is 0 Å². The van der Waals surface area contributed by atoms with Gasteiger partial charge in [0.15, 0.2) is 0 Å². The van der Waals surface area contributed by atoms with E-state index < -0.39 is 12.1 Å². The number of aryl methyl sites for hydroxylation is 1. The average Bonchev–Trinajstić information content (AvgIpc) is 2.65. The monoisotopic (exact) mass is 228 g/mol. The summed E-state index contributed by atoms with van der Waals surface area (Å²) in [4.78, 5) is 11.7. The van der Waals surface area contributed by atoms with E-state index in [1.165, 1.54) is 20.5 Å². The van der Waals surface area contributed by atoms with Crippen LogP contribution in [-0.2, 0) is 14.2 Å². The van der Waals surface area contributed by atoms with Gasteiger partial charge in [-0.3, -0.25) is 0 Å². The number of carbonyl (C=O) groups is 1. The molecule has 0 aromatic carbocycles. The molecule has 16 heavy (non-hydrogen) atoms. The first-order valence-electron chi connectivity index (χ1n) is 4.92. The summed E-state index contributed by atoms with van der Waals surface area (Å²) in [6.45, 7) is 2.36. The van der Waals surface area contributed by atoms with E-state index in [1.54, 1.807) is 13.0 Å². The highest BCUT2D eigenvalue weighted by molar-refractivity contribution is 5.87. The maximum Gasteiger partial charge on any atom is 0.374 e. The minimum Gasteiger partial charge on any atom is -0.457 e. The summed E-state index contributed by atoms with van der Waals surface area (Å²) in [6.07, 6.45) is 1.03. The van der Waals surface area contributed by atoms with Crippen LogP contribution in [0.3, 0.4) is 0 Å². The molecule has 0 atom stereocenters. The van der Waals surface area contributed by atoms with Gasteiger partial charge in [-0.2, -0.15) is 0 Å². The molecule has 0 fully saturated rings. The van der Waals surface area contributed by atoms with Crippen molar-refractivity contribution in [1.29, 1.82) is 0 Å². The van der Waals surface area contributed by atoms with Crippen molar-refractivity contribution in [2.75, 3.05) is 27.4 Å². The Bertz CT molecular complexity index is 325. The quantitative estimate of drug-likeness (QED) is 0.689. The lowest BCUT2D eigenvalue weighted by molar-refractivity contribution is -0.0245. The summed E-state index contributed by atoms with van der Waals surface area (Å²) in [5.74, 6) is -0.279. The van der Waals surface area contributed by atoms with Crippen LogP contribution in [0.5, 0.6) is 0 Å². The topological polar surface area (TPSA) is 57.9 Å². The van der Waals surface area contributed by atoms with E-state index in [2.05, 4.69) is 0 Å². The van der Waals surface area contributed by atoms with Crippen molar-refractivity contribution >= 4 is 5.97 Å². The summed E-state index contributed by atoms with van der Waals surface area (Å²) in [7, 11) is 3.07. The van der Waals surface area contributed by atoms with Crippen LogP contribution >= 0.6 is 0 Å². The molecule has 1 heterocycles. The van der Waals surface area contributed by atoms with Crippen molar-refractivity contribution in [3.8, 4) is 0 Å². The summed E-state index contributed by atoms with van der Waals surface area (Å²) in [6, 6.07) is 1.71. The third kappa shape index (κ3) is 3.36. The molecule has 5 nitrogen and oxygen atoms in total. The Kier molecular flexibility index (Phi) is 5.01. The molecule has 0 unspecified atom stereocenters. The molecule has 1 aromatic heterocycles. The normalized spacial score (nSPS) is 10.8. The summed E-state index contributed by atoms with van der Waals surface area (Å²) >= 11 is 0. The Balaban J connectivity index is 2.58. The van der Waals surface area contributed by atoms with Gasteiger partial charge >= 0.3 is 5.97 Å². The second kappa shape index (κ2) is 6.30. The standard InChI is InChI=1S/C11H16O5/c1-8-4-5-15-10(8)11(12)16-9(6-13-2)7-14-3/h4-5,9H,6-7H2,1-3H3. The number of esters is 1. The zero-order chi connectivity index (χ0) is 12.0. The van der Waals surface area contributed by atoms with Crippen molar-refractivity contribution < 1.29 is 23.4 Å². The third-order valence-electron chi connectivity index (χ3n) is 2.03. The van der Waals surface area contributed by atoms with Gasteiger partial charge < -0.3 is 18.6 Å². The van der Waals surface area contributed by atoms with Crippen LogP contribution in [-0.4, -0.2) is 39.5 Å². The Morgan fingerprint density at radius 1 is 1.38 bits per heavy atom. The molecule has 0 spiro atoms. The van der Waals surface area contributed by atoms with Crippen LogP contribution in [0, 0.1) is 6.92 Å². The summed E-state index contributed by atoms with van der Waals surface area (Å²) in [5, 5.41) is 0. The van der Waals surface area contributed by atoms with Crippen molar-refractivity contribution in [1.82, 2.24) is 0 Å². The molecule has 0 saturated carbocycles. The molecule has 0 N–H and O–H groups in total. The zero-order valence-electron chi connectivity index (χ0n) is 9.69. The number of methoxy groups -OCH3 is 2. The first-order valence-corrected chi connectivity index (χ1v) is 4.92. The molecule has 5 heteroatoms. The van der Waals surface area contributed by atoms with Gasteiger partial charge in [0.1, 0.15) is 6.10 Å². The van der Waals surface area contributed by atoms with Crippen LogP contribution in [0.1, 0.15) is 16.1 Å². The molecule has 0 bridgehead atoms. The lowest BCUT2D eigenvalue weighted by Gasteiger charge is -2.15. The number of ether oxygens (including phenoxy) is 3. The lowest BCUT2D eigenvalue weighted by atomic mass is 10.3. The second-order valence-electron chi connectivity index (χ2n) is 3.37. The Hall–Kier alpha value is -1.33. The van der Waals surface area contributed by atoms with Gasteiger partial charge in [0, 0.05) is 19.8 Å². The van der Waals surface area contributed by atoms with Crippen molar-refractivity contribution in [3.63, 3.8) is 0 Å². The van der Waals surface area contributed by atoms with E-state index in [9.17, 15) is 4.79 Å². The highest BCUT2D eigenvalue weighted by Gasteiger charge is 2.19. The highest BCUT2D eigenvalue weighted by Crippen LogP contribution is 2.11. The van der Waals surface area contributed by atoms with Crippen molar-refractivity contribution in [3.05, 3.63) is 23.7 Å². The molecular weight excluding hydrogens is 212 g/mol. The second-order valence-corrected chi connectivity index (χ2v) is 3.37. The predicted octanol–water partition coefficient (Wildman–Crippen LogP) is 1.41. The van der Waals surface area contributed by atoms with Gasteiger partial charge in [-0.05, 0) is 13.0 Å². The maximum absolute atomic E-state index is 11.7. The molecule has 0 aliphatic heterocycles. The molecule has 1 rings (SSSR count). The number of carbonyl (C=O) groups excluding carboxylic acids is 1. The molecule has 90 valence electrons. The van der Waals surface area contributed by atoms with E-state index in [0.717, 1.165) is 5.56 Å². The SMILES string of the molecule is COCC(COC)OC(=O)c1occc1C. The molecular formula is C11H16O5. The third-order valence-corrected chi connectivity index (χ3v) is 2.03. The minimum absolute atomic E-state index is 0.220. The van der Waals surface area contributed by atoms with Gasteiger partial charge in [-0.25, -0.2) is 4.79 Å². The van der Waals surface area contributed by atoms with Gasteiger partial charge in [0.2, 0.25) is 5.76 Å². The lowest BCUT2D eigenvalue weighted by Crippen LogP contribution is -2.27. The summed E-state index contributed by atoms with van der Waals surface area (Å²) < 4.78 is 20.0. The number of hydrogen-bond acceptors (Lipinski definition) is 5. The molecule has 0 saturated heterocycles. The van der Waals surface area contributed by atoms with Gasteiger partial charge in [-0.1, -0.05) is 0 Å². The van der Waals surface area contributed by atoms with Gasteiger partial charge in [-0.15, -0.1) is 0 Å². The summed E-state index contributed by atoms with van der Waals surface area (Å²) in [5.41, 5.74) is 0.749. The zero-order valence-corrected chi connectivity index (χ0v) is 9.69. The fourth-order valence-electron chi connectivity index (χ4n) is 1.27. The average molecular weight is 228 g/mol. The Morgan fingerprint density at radius 3 is 2.44 bits per heavy atom.